The number of aliphatic carboxylic acids is 1. The number of rotatable bonds is 11. The number of amides is 3. The lowest BCUT2D eigenvalue weighted by Gasteiger charge is -2.22. The van der Waals surface area contributed by atoms with Crippen LogP contribution in [0.4, 0.5) is 0 Å². The molecule has 0 bridgehead atoms. The molecule has 0 spiro atoms. The average Bonchev–Trinajstić information content (AvgIpc) is 2.61. The normalized spacial score (nSPS) is 13.9. The number of nitrogens with one attached hydrogen (secondary N) is 2. The van der Waals surface area contributed by atoms with Gasteiger partial charge in [-0.25, -0.2) is 0 Å². The van der Waals surface area contributed by atoms with Crippen LogP contribution < -0.4 is 22.1 Å². The van der Waals surface area contributed by atoms with E-state index < -0.39 is 48.2 Å². The fourth-order valence-electron chi connectivity index (χ4n) is 2.45. The van der Waals surface area contributed by atoms with E-state index in [-0.39, 0.29) is 6.42 Å². The van der Waals surface area contributed by atoms with Crippen LogP contribution in [0.3, 0.4) is 0 Å². The molecule has 3 amide bonds. The number of carbonyl (C=O) groups excluding carboxylic acids is 3. The minimum atomic E-state index is -1.37. The summed E-state index contributed by atoms with van der Waals surface area (Å²) in [6.45, 7) is 1.84. The van der Waals surface area contributed by atoms with Crippen LogP contribution in [-0.4, -0.2) is 46.9 Å². The summed E-state index contributed by atoms with van der Waals surface area (Å²) in [6, 6.07) is 5.63. The van der Waals surface area contributed by atoms with E-state index in [0.717, 1.165) is 5.56 Å². The minimum Gasteiger partial charge on any atom is -0.481 e. The molecule has 148 valence electrons. The monoisotopic (exact) mass is 378 g/mol. The molecular weight excluding hydrogens is 352 g/mol. The third kappa shape index (κ3) is 7.87. The number of carbonyl (C=O) groups is 4. The molecule has 1 aromatic carbocycles. The Morgan fingerprint density at radius 1 is 1.04 bits per heavy atom. The van der Waals surface area contributed by atoms with Gasteiger partial charge in [-0.15, -0.1) is 0 Å². The van der Waals surface area contributed by atoms with Crippen molar-refractivity contribution in [3.05, 3.63) is 35.9 Å². The number of nitrogens with two attached hydrogens (primary N) is 2. The Hall–Kier alpha value is -2.94. The quantitative estimate of drug-likeness (QED) is 0.341. The zero-order chi connectivity index (χ0) is 20.4. The number of hydrogen-bond acceptors (Lipinski definition) is 5. The first-order valence-electron chi connectivity index (χ1n) is 8.66. The van der Waals surface area contributed by atoms with Crippen LogP contribution in [-0.2, 0) is 25.6 Å². The molecule has 0 aliphatic carbocycles. The number of benzene rings is 1. The Morgan fingerprint density at radius 2 is 1.63 bits per heavy atom. The first-order chi connectivity index (χ1) is 12.7. The second-order valence-electron chi connectivity index (χ2n) is 6.21. The Kier molecular flexibility index (Phi) is 8.94. The lowest BCUT2D eigenvalue weighted by atomic mass is 10.0. The summed E-state index contributed by atoms with van der Waals surface area (Å²) >= 11 is 0. The molecule has 0 saturated carbocycles. The van der Waals surface area contributed by atoms with Crippen LogP contribution >= 0.6 is 0 Å². The highest BCUT2D eigenvalue weighted by molar-refractivity contribution is 5.94. The van der Waals surface area contributed by atoms with Gasteiger partial charge in [-0.1, -0.05) is 43.7 Å². The molecule has 1 rings (SSSR count). The highest BCUT2D eigenvalue weighted by Gasteiger charge is 2.28. The molecule has 0 aliphatic rings. The van der Waals surface area contributed by atoms with Crippen LogP contribution in [0.2, 0.25) is 0 Å². The minimum absolute atomic E-state index is 0.144. The number of primary amides is 1. The Labute approximate surface area is 157 Å². The maximum atomic E-state index is 12.5. The average molecular weight is 378 g/mol. The van der Waals surface area contributed by atoms with Crippen molar-refractivity contribution in [3.8, 4) is 0 Å². The zero-order valence-electron chi connectivity index (χ0n) is 15.2. The van der Waals surface area contributed by atoms with Crippen molar-refractivity contribution < 1.29 is 24.3 Å². The number of hydrogen-bond donors (Lipinski definition) is 5. The van der Waals surface area contributed by atoms with Crippen LogP contribution in [0.15, 0.2) is 30.3 Å². The van der Waals surface area contributed by atoms with Gasteiger partial charge in [-0.05, 0) is 12.0 Å². The fourth-order valence-corrected chi connectivity index (χ4v) is 2.45. The summed E-state index contributed by atoms with van der Waals surface area (Å²) in [5.41, 5.74) is 11.8. The van der Waals surface area contributed by atoms with E-state index in [2.05, 4.69) is 10.6 Å². The third-order valence-electron chi connectivity index (χ3n) is 3.89. The highest BCUT2D eigenvalue weighted by Crippen LogP contribution is 2.05. The van der Waals surface area contributed by atoms with E-state index in [4.69, 9.17) is 16.6 Å². The predicted molar refractivity (Wildman–Crippen MR) is 98.3 cm³/mol. The Morgan fingerprint density at radius 3 is 2.15 bits per heavy atom. The van der Waals surface area contributed by atoms with E-state index in [9.17, 15) is 19.2 Å². The molecule has 3 atom stereocenters. The predicted octanol–water partition coefficient (Wildman–Crippen LogP) is -0.714. The molecule has 0 unspecified atom stereocenters. The van der Waals surface area contributed by atoms with Crippen LogP contribution in [0.1, 0.15) is 31.7 Å². The smallest absolute Gasteiger partial charge is 0.305 e. The van der Waals surface area contributed by atoms with Gasteiger partial charge < -0.3 is 27.2 Å². The molecule has 0 heterocycles. The molecule has 9 nitrogen and oxygen atoms in total. The van der Waals surface area contributed by atoms with Gasteiger partial charge in [0.1, 0.15) is 12.1 Å². The maximum absolute atomic E-state index is 12.5. The van der Waals surface area contributed by atoms with Gasteiger partial charge in [0.05, 0.1) is 12.5 Å². The molecule has 0 saturated heterocycles. The maximum Gasteiger partial charge on any atom is 0.305 e. The summed E-state index contributed by atoms with van der Waals surface area (Å²) in [4.78, 5) is 47.2. The lowest BCUT2D eigenvalue weighted by Crippen LogP contribution is -2.56. The highest BCUT2D eigenvalue weighted by atomic mass is 16.4. The van der Waals surface area contributed by atoms with Crippen molar-refractivity contribution in [1.82, 2.24) is 10.6 Å². The van der Waals surface area contributed by atoms with E-state index in [0.29, 0.717) is 12.8 Å². The van der Waals surface area contributed by atoms with Gasteiger partial charge in [-0.2, -0.15) is 0 Å². The molecule has 1 aromatic rings. The summed E-state index contributed by atoms with van der Waals surface area (Å²) in [6.07, 6.45) is 0.550. The number of carboxylic acids is 1. The summed E-state index contributed by atoms with van der Waals surface area (Å²) in [5.74, 6) is -3.49. The van der Waals surface area contributed by atoms with Crippen molar-refractivity contribution in [2.75, 3.05) is 0 Å². The van der Waals surface area contributed by atoms with Gasteiger partial charge >= 0.3 is 5.97 Å². The van der Waals surface area contributed by atoms with Crippen molar-refractivity contribution >= 4 is 23.7 Å². The lowest BCUT2D eigenvalue weighted by molar-refractivity contribution is -0.141. The first-order valence-corrected chi connectivity index (χ1v) is 8.66. The van der Waals surface area contributed by atoms with Gasteiger partial charge in [-0.3, -0.25) is 19.2 Å². The van der Waals surface area contributed by atoms with Crippen molar-refractivity contribution in [1.29, 1.82) is 0 Å². The standard InChI is InChI=1S/C18H26N4O5/c1-2-6-12(19)17(26)22-14(10-15(23)24)18(27)21-13(16(20)25)9-11-7-4-3-5-8-11/h3-5,7-8,12-14H,2,6,9-10,19H2,1H3,(H2,20,25)(H,21,27)(H,22,26)(H,23,24)/t12-,13-,14-/m0/s1. The second-order valence-corrected chi connectivity index (χ2v) is 6.21. The van der Waals surface area contributed by atoms with E-state index in [1.54, 1.807) is 30.3 Å². The van der Waals surface area contributed by atoms with Crippen LogP contribution in [0.25, 0.3) is 0 Å². The summed E-state index contributed by atoms with van der Waals surface area (Å²) in [7, 11) is 0. The fraction of sp³-hybridized carbons (Fsp3) is 0.444. The summed E-state index contributed by atoms with van der Waals surface area (Å²) in [5, 5.41) is 13.8. The van der Waals surface area contributed by atoms with E-state index in [1.807, 2.05) is 6.92 Å². The number of carboxylic acid groups (broad SMARTS) is 1. The molecule has 0 radical (unpaired) electrons. The van der Waals surface area contributed by atoms with Gasteiger partial charge in [0.25, 0.3) is 0 Å². The molecule has 27 heavy (non-hydrogen) atoms. The van der Waals surface area contributed by atoms with Crippen molar-refractivity contribution in [2.45, 2.75) is 50.7 Å². The Bertz CT molecular complexity index is 665. The molecule has 0 aliphatic heterocycles. The topological polar surface area (TPSA) is 165 Å². The molecule has 9 heteroatoms. The van der Waals surface area contributed by atoms with E-state index in [1.165, 1.54) is 0 Å². The van der Waals surface area contributed by atoms with E-state index >= 15 is 0 Å². The van der Waals surface area contributed by atoms with Gasteiger partial charge in [0, 0.05) is 6.42 Å². The third-order valence-corrected chi connectivity index (χ3v) is 3.89. The van der Waals surface area contributed by atoms with Crippen LogP contribution in [0.5, 0.6) is 0 Å². The second kappa shape index (κ2) is 10.9. The molecule has 0 aromatic heterocycles. The zero-order valence-corrected chi connectivity index (χ0v) is 15.2. The largest absolute Gasteiger partial charge is 0.481 e. The SMILES string of the molecule is CCC[C@H](N)C(=O)N[C@@H](CC(=O)O)C(=O)N[C@@H](Cc1ccccc1)C(N)=O. The van der Waals surface area contributed by atoms with Crippen LogP contribution in [0, 0.1) is 0 Å². The van der Waals surface area contributed by atoms with Gasteiger partial charge in [0.15, 0.2) is 0 Å². The first kappa shape index (κ1) is 22.1. The van der Waals surface area contributed by atoms with Crippen molar-refractivity contribution in [2.24, 2.45) is 11.5 Å². The summed E-state index contributed by atoms with van der Waals surface area (Å²) < 4.78 is 0. The molecular formula is C18H26N4O5. The molecule has 7 N–H and O–H groups in total. The van der Waals surface area contributed by atoms with Crippen molar-refractivity contribution in [3.63, 3.8) is 0 Å². The molecule has 0 fully saturated rings. The Balaban J connectivity index is 2.84. The van der Waals surface area contributed by atoms with Gasteiger partial charge in [0.2, 0.25) is 17.7 Å².